The van der Waals surface area contributed by atoms with Crippen LogP contribution < -0.4 is 15.4 Å². The molecule has 0 spiro atoms. The highest BCUT2D eigenvalue weighted by Gasteiger charge is 2.27. The van der Waals surface area contributed by atoms with Gasteiger partial charge < -0.3 is 10.2 Å². The zero-order valence-electron chi connectivity index (χ0n) is 20.4. The fourth-order valence-electron chi connectivity index (χ4n) is 4.66. The summed E-state index contributed by atoms with van der Waals surface area (Å²) >= 11 is 0. The molecule has 1 saturated heterocycles. The van der Waals surface area contributed by atoms with Gasteiger partial charge in [-0.15, -0.1) is 0 Å². The summed E-state index contributed by atoms with van der Waals surface area (Å²) in [7, 11) is -3.99. The van der Waals surface area contributed by atoms with E-state index < -0.39 is 21.1 Å². The maximum atomic E-state index is 15.9. The van der Waals surface area contributed by atoms with Gasteiger partial charge in [0.2, 0.25) is 10.0 Å². The van der Waals surface area contributed by atoms with Gasteiger partial charge >= 0.3 is 0 Å². The van der Waals surface area contributed by atoms with E-state index in [9.17, 15) is 8.42 Å². The van der Waals surface area contributed by atoms with Gasteiger partial charge in [-0.25, -0.2) is 27.6 Å². The Balaban J connectivity index is 1.60. The Morgan fingerprint density at radius 2 is 1.84 bits per heavy atom. The number of nitrogens with zero attached hydrogens (tertiary/aromatic N) is 5. The summed E-state index contributed by atoms with van der Waals surface area (Å²) in [6.07, 6.45) is 6.91. The van der Waals surface area contributed by atoms with E-state index in [1.807, 2.05) is 12.1 Å². The van der Waals surface area contributed by atoms with Crippen LogP contribution in [0, 0.1) is 5.82 Å². The number of nitrogens with one attached hydrogen (secondary N) is 1. The van der Waals surface area contributed by atoms with Gasteiger partial charge in [-0.2, -0.15) is 5.10 Å². The van der Waals surface area contributed by atoms with Crippen LogP contribution in [0.25, 0.3) is 28.1 Å². The van der Waals surface area contributed by atoms with Crippen molar-refractivity contribution in [3.05, 3.63) is 78.6 Å². The lowest BCUT2D eigenvalue weighted by atomic mass is 9.98. The second kappa shape index (κ2) is 10.4. The number of primary sulfonamides is 1. The van der Waals surface area contributed by atoms with Crippen molar-refractivity contribution in [3.8, 4) is 28.1 Å². The number of piperazine rings is 1. The van der Waals surface area contributed by atoms with Crippen LogP contribution in [-0.2, 0) is 10.0 Å². The van der Waals surface area contributed by atoms with Crippen molar-refractivity contribution in [1.82, 2.24) is 25.1 Å². The second-order valence-corrected chi connectivity index (χ2v) is 10.6. The third-order valence-corrected chi connectivity index (χ3v) is 7.92. The first-order valence-corrected chi connectivity index (χ1v) is 13.7. The normalized spacial score (nSPS) is 15.1. The maximum Gasteiger partial charge on any atom is 0.216 e. The monoisotopic (exact) mass is 521 g/mol. The molecule has 192 valence electrons. The van der Waals surface area contributed by atoms with E-state index in [0.717, 1.165) is 37.6 Å². The number of rotatable bonds is 7. The van der Waals surface area contributed by atoms with Crippen LogP contribution >= 0.6 is 0 Å². The molecule has 9 nitrogen and oxygen atoms in total. The molecular weight excluding hydrogens is 493 g/mol. The van der Waals surface area contributed by atoms with Crippen molar-refractivity contribution in [1.29, 1.82) is 0 Å². The Hall–Kier alpha value is -3.67. The first-order chi connectivity index (χ1) is 17.9. The van der Waals surface area contributed by atoms with Crippen LogP contribution in [0.3, 0.4) is 0 Å². The minimum absolute atomic E-state index is 0.0398. The topological polar surface area (TPSA) is 119 Å². The van der Waals surface area contributed by atoms with E-state index in [1.54, 1.807) is 60.7 Å². The van der Waals surface area contributed by atoms with Crippen LogP contribution in [0.5, 0.6) is 0 Å². The smallest absolute Gasteiger partial charge is 0.216 e. The molecule has 0 saturated carbocycles. The summed E-state index contributed by atoms with van der Waals surface area (Å²) in [6, 6.07) is 12.2. The van der Waals surface area contributed by atoms with Crippen LogP contribution in [0.2, 0.25) is 0 Å². The van der Waals surface area contributed by atoms with Gasteiger partial charge in [0.1, 0.15) is 22.6 Å². The molecule has 0 amide bonds. The van der Waals surface area contributed by atoms with E-state index in [1.165, 1.54) is 6.07 Å². The van der Waals surface area contributed by atoms with Crippen molar-refractivity contribution in [2.24, 2.45) is 5.14 Å². The Labute approximate surface area is 215 Å². The van der Waals surface area contributed by atoms with Crippen molar-refractivity contribution < 1.29 is 12.8 Å². The van der Waals surface area contributed by atoms with Gasteiger partial charge in [0.25, 0.3) is 0 Å². The number of hydrogen-bond donors (Lipinski definition) is 2. The Kier molecular flexibility index (Phi) is 7.00. The fraction of sp³-hybridized carbons (Fsp3) is 0.269. The van der Waals surface area contributed by atoms with Crippen LogP contribution in [-0.4, -0.2) is 54.3 Å². The van der Waals surface area contributed by atoms with E-state index in [2.05, 4.69) is 20.2 Å². The molecular formula is C26H28FN7O2S. The largest absolute Gasteiger partial charge is 0.354 e. The number of hydrogen-bond acceptors (Lipinski definition) is 7. The van der Waals surface area contributed by atoms with E-state index in [0.29, 0.717) is 16.9 Å². The van der Waals surface area contributed by atoms with Gasteiger partial charge in [0, 0.05) is 67.0 Å². The molecule has 0 radical (unpaired) electrons. The van der Waals surface area contributed by atoms with Gasteiger partial charge in [0.05, 0.1) is 11.9 Å². The molecule has 0 bridgehead atoms. The zero-order valence-corrected chi connectivity index (χ0v) is 21.2. The fourth-order valence-corrected chi connectivity index (χ4v) is 5.66. The molecule has 1 fully saturated rings. The lowest BCUT2D eigenvalue weighted by Crippen LogP contribution is -2.43. The minimum atomic E-state index is -3.99. The third-order valence-electron chi connectivity index (χ3n) is 6.54. The molecule has 1 atom stereocenters. The van der Waals surface area contributed by atoms with Crippen LogP contribution in [0.15, 0.2) is 67.3 Å². The average molecular weight is 522 g/mol. The highest BCUT2D eigenvalue weighted by atomic mass is 32.2. The molecule has 1 aliphatic heterocycles. The lowest BCUT2D eigenvalue weighted by molar-refractivity contribution is 0.566. The van der Waals surface area contributed by atoms with Crippen molar-refractivity contribution in [2.45, 2.75) is 18.6 Å². The molecule has 3 aromatic heterocycles. The Morgan fingerprint density at radius 1 is 1.08 bits per heavy atom. The SMILES string of the molecule is CCC(c1cccc(-c2cn(-c3ccc(N4CCNCC4)nc3)nc2-c2ccncc2)c1F)S(N)(=O)=O. The molecule has 4 aromatic rings. The summed E-state index contributed by atoms with van der Waals surface area (Å²) in [6.45, 7) is 5.26. The highest BCUT2D eigenvalue weighted by molar-refractivity contribution is 7.89. The molecule has 5 rings (SSSR count). The predicted molar refractivity (Wildman–Crippen MR) is 141 cm³/mol. The van der Waals surface area contributed by atoms with Gasteiger partial charge in [-0.05, 0) is 30.7 Å². The van der Waals surface area contributed by atoms with E-state index in [4.69, 9.17) is 10.2 Å². The number of aromatic nitrogens is 4. The maximum absolute atomic E-state index is 15.9. The average Bonchev–Trinajstić information content (AvgIpc) is 3.36. The number of anilines is 1. The molecule has 0 aliphatic carbocycles. The third kappa shape index (κ3) is 5.10. The van der Waals surface area contributed by atoms with Crippen molar-refractivity contribution in [3.63, 3.8) is 0 Å². The summed E-state index contributed by atoms with van der Waals surface area (Å²) < 4.78 is 41.9. The number of halogens is 1. The molecule has 1 aromatic carbocycles. The quantitative estimate of drug-likeness (QED) is 0.383. The molecule has 1 unspecified atom stereocenters. The number of sulfonamides is 1. The standard InChI is InChI=1S/C26H28FN7O2S/c1-2-23(37(28,35)36)21-5-3-4-20(25(21)27)22-17-34(32-26(22)18-8-10-29-11-9-18)19-6-7-24(31-16-19)33-14-12-30-13-15-33/h3-11,16-17,23,30H,2,12-15H2,1H3,(H2,28,35,36). The van der Waals surface area contributed by atoms with Crippen molar-refractivity contribution >= 4 is 15.8 Å². The zero-order chi connectivity index (χ0) is 26.0. The predicted octanol–water partition coefficient (Wildman–Crippen LogP) is 3.28. The molecule has 3 N–H and O–H groups in total. The van der Waals surface area contributed by atoms with E-state index >= 15 is 4.39 Å². The minimum Gasteiger partial charge on any atom is -0.354 e. The molecule has 37 heavy (non-hydrogen) atoms. The highest BCUT2D eigenvalue weighted by Crippen LogP contribution is 2.37. The summed E-state index contributed by atoms with van der Waals surface area (Å²) in [4.78, 5) is 10.9. The number of nitrogens with two attached hydrogens (primary N) is 1. The van der Waals surface area contributed by atoms with E-state index in [-0.39, 0.29) is 17.5 Å². The lowest BCUT2D eigenvalue weighted by Gasteiger charge is -2.28. The molecule has 4 heterocycles. The Morgan fingerprint density at radius 3 is 2.49 bits per heavy atom. The number of benzene rings is 1. The summed E-state index contributed by atoms with van der Waals surface area (Å²) in [5.74, 6) is 0.254. The Bertz CT molecular complexity index is 1490. The number of pyridine rings is 2. The van der Waals surface area contributed by atoms with Crippen LogP contribution in [0.1, 0.15) is 24.2 Å². The second-order valence-electron chi connectivity index (χ2n) is 8.88. The van der Waals surface area contributed by atoms with Gasteiger partial charge in [-0.3, -0.25) is 4.98 Å². The van der Waals surface area contributed by atoms with Crippen LogP contribution in [0.4, 0.5) is 10.2 Å². The first-order valence-electron chi connectivity index (χ1n) is 12.1. The molecule has 1 aliphatic rings. The summed E-state index contributed by atoms with van der Waals surface area (Å²) in [5, 5.41) is 12.4. The molecule has 11 heteroatoms. The van der Waals surface area contributed by atoms with Gasteiger partial charge in [-0.1, -0.05) is 25.1 Å². The first kappa shape index (κ1) is 25.0. The van der Waals surface area contributed by atoms with Gasteiger partial charge in [0.15, 0.2) is 0 Å². The van der Waals surface area contributed by atoms with Crippen molar-refractivity contribution in [2.75, 3.05) is 31.1 Å². The summed E-state index contributed by atoms with van der Waals surface area (Å²) in [5.41, 5.74) is 2.79.